The molecule has 0 fully saturated rings. The van der Waals surface area contributed by atoms with Crippen molar-refractivity contribution < 1.29 is 0 Å². The van der Waals surface area contributed by atoms with E-state index in [1.807, 2.05) is 12.2 Å². The summed E-state index contributed by atoms with van der Waals surface area (Å²) in [7, 11) is 2.82. The van der Waals surface area contributed by atoms with E-state index in [1.54, 1.807) is 16.7 Å². The summed E-state index contributed by atoms with van der Waals surface area (Å²) >= 11 is 2.07. The minimum atomic E-state index is 0.695. The van der Waals surface area contributed by atoms with Gasteiger partial charge in [-0.3, -0.25) is 0 Å². The standard InChI is InChI=1S/C33H46NPS/c1-3-5-6-7-8-9-10-23-34(22-4-2)32-18-19-33-30(12-11-13-31(33)26-32)21-25-36-27-29-16-14-28(15-17-29)20-24-35/h3,5-8,11-17,32H,1,4,9-10,18-27,35H2,2H3/b6-5-,8-7-. The van der Waals surface area contributed by atoms with Crippen molar-refractivity contribution in [3.63, 3.8) is 0 Å². The zero-order chi connectivity index (χ0) is 25.4. The van der Waals surface area contributed by atoms with Crippen LogP contribution in [0.1, 0.15) is 60.4 Å². The van der Waals surface area contributed by atoms with Crippen LogP contribution in [0, 0.1) is 0 Å². The fourth-order valence-electron chi connectivity index (χ4n) is 5.25. The molecule has 2 unspecified atom stereocenters. The minimum Gasteiger partial charge on any atom is -0.300 e. The summed E-state index contributed by atoms with van der Waals surface area (Å²) in [5, 5.41) is 0. The summed E-state index contributed by atoms with van der Waals surface area (Å²) in [6.45, 7) is 8.46. The van der Waals surface area contributed by atoms with Gasteiger partial charge >= 0.3 is 0 Å². The van der Waals surface area contributed by atoms with E-state index in [9.17, 15) is 0 Å². The van der Waals surface area contributed by atoms with E-state index in [1.165, 1.54) is 68.5 Å². The zero-order valence-electron chi connectivity index (χ0n) is 22.3. The Balaban J connectivity index is 1.48. The number of nitrogens with zero attached hydrogens (tertiary/aromatic N) is 1. The summed E-state index contributed by atoms with van der Waals surface area (Å²) in [6, 6.07) is 17.0. The summed E-state index contributed by atoms with van der Waals surface area (Å²) in [4.78, 5) is 2.77. The van der Waals surface area contributed by atoms with Crippen LogP contribution in [-0.4, -0.2) is 35.9 Å². The molecule has 0 aromatic heterocycles. The van der Waals surface area contributed by atoms with Gasteiger partial charge in [-0.2, -0.15) is 11.8 Å². The first-order valence-electron chi connectivity index (χ1n) is 13.9. The van der Waals surface area contributed by atoms with Crippen molar-refractivity contribution in [3.05, 3.63) is 107 Å². The number of benzene rings is 2. The molecule has 0 radical (unpaired) electrons. The van der Waals surface area contributed by atoms with Crippen LogP contribution in [0.15, 0.2) is 79.4 Å². The second-order valence-electron chi connectivity index (χ2n) is 9.84. The first-order valence-corrected chi connectivity index (χ1v) is 15.9. The van der Waals surface area contributed by atoms with E-state index in [4.69, 9.17) is 0 Å². The smallest absolute Gasteiger partial charge is 0.0184 e. The van der Waals surface area contributed by atoms with Gasteiger partial charge in [0.25, 0.3) is 0 Å². The number of allylic oxidation sites excluding steroid dienone is 5. The zero-order valence-corrected chi connectivity index (χ0v) is 24.3. The molecule has 36 heavy (non-hydrogen) atoms. The second-order valence-corrected chi connectivity index (χ2v) is 11.5. The van der Waals surface area contributed by atoms with E-state index >= 15 is 0 Å². The van der Waals surface area contributed by atoms with Gasteiger partial charge in [0.15, 0.2) is 0 Å². The van der Waals surface area contributed by atoms with Crippen molar-refractivity contribution in [1.29, 1.82) is 0 Å². The van der Waals surface area contributed by atoms with Gasteiger partial charge in [0, 0.05) is 11.8 Å². The Bertz CT molecular complexity index is 962. The highest BCUT2D eigenvalue weighted by Gasteiger charge is 2.24. The molecule has 2 atom stereocenters. The van der Waals surface area contributed by atoms with E-state index in [0.29, 0.717) is 6.04 Å². The Labute approximate surface area is 227 Å². The van der Waals surface area contributed by atoms with Gasteiger partial charge in [0.05, 0.1) is 0 Å². The largest absolute Gasteiger partial charge is 0.300 e. The van der Waals surface area contributed by atoms with Gasteiger partial charge in [-0.25, -0.2) is 0 Å². The van der Waals surface area contributed by atoms with Crippen molar-refractivity contribution in [3.8, 4) is 0 Å². The Kier molecular flexibility index (Phi) is 13.7. The molecule has 0 spiro atoms. The number of rotatable bonds is 16. The average Bonchev–Trinajstić information content (AvgIpc) is 2.91. The molecule has 0 N–H and O–H groups in total. The number of unbranched alkanes of at least 4 members (excludes halogenated alkanes) is 1. The molecule has 2 aromatic rings. The molecule has 3 rings (SSSR count). The molecule has 0 amide bonds. The van der Waals surface area contributed by atoms with Crippen LogP contribution in [0.5, 0.6) is 0 Å². The third-order valence-electron chi connectivity index (χ3n) is 7.13. The first kappa shape index (κ1) is 29.0. The quantitative estimate of drug-likeness (QED) is 0.125. The lowest BCUT2D eigenvalue weighted by molar-refractivity contribution is 0.178. The van der Waals surface area contributed by atoms with Crippen LogP contribution in [0.4, 0.5) is 0 Å². The van der Waals surface area contributed by atoms with Crippen molar-refractivity contribution in [2.24, 2.45) is 0 Å². The van der Waals surface area contributed by atoms with Crippen molar-refractivity contribution in [2.75, 3.05) is 25.0 Å². The van der Waals surface area contributed by atoms with Crippen molar-refractivity contribution in [2.45, 2.75) is 70.1 Å². The molecular weight excluding hydrogens is 473 g/mol. The molecule has 0 aliphatic heterocycles. The monoisotopic (exact) mass is 519 g/mol. The van der Waals surface area contributed by atoms with E-state index in [-0.39, 0.29) is 0 Å². The molecule has 1 aliphatic rings. The van der Waals surface area contributed by atoms with Crippen molar-refractivity contribution in [1.82, 2.24) is 4.90 Å². The predicted octanol–water partition coefficient (Wildman–Crippen LogP) is 8.23. The molecule has 3 heteroatoms. The average molecular weight is 520 g/mol. The molecule has 2 aromatic carbocycles. The predicted molar refractivity (Wildman–Crippen MR) is 166 cm³/mol. The summed E-state index contributed by atoms with van der Waals surface area (Å²) < 4.78 is 0. The Morgan fingerprint density at radius 3 is 2.64 bits per heavy atom. The molecule has 0 saturated carbocycles. The van der Waals surface area contributed by atoms with Crippen LogP contribution < -0.4 is 0 Å². The Morgan fingerprint density at radius 1 is 1.03 bits per heavy atom. The third-order valence-corrected chi connectivity index (χ3v) is 8.45. The van der Waals surface area contributed by atoms with Crippen molar-refractivity contribution >= 4 is 21.0 Å². The normalized spacial score (nSPS) is 15.7. The van der Waals surface area contributed by atoms with Gasteiger partial charge < -0.3 is 4.90 Å². The number of hydrogen-bond donors (Lipinski definition) is 0. The fraction of sp³-hybridized carbons (Fsp3) is 0.455. The van der Waals surface area contributed by atoms with Crippen LogP contribution in [0.25, 0.3) is 0 Å². The highest BCUT2D eigenvalue weighted by Crippen LogP contribution is 2.29. The molecule has 1 nitrogen and oxygen atoms in total. The Morgan fingerprint density at radius 2 is 1.86 bits per heavy atom. The van der Waals surface area contributed by atoms with Gasteiger partial charge in [0.1, 0.15) is 0 Å². The number of aryl methyl sites for hydroxylation is 2. The highest BCUT2D eigenvalue weighted by atomic mass is 32.2. The summed E-state index contributed by atoms with van der Waals surface area (Å²) in [6.07, 6.45) is 21.2. The molecule has 0 heterocycles. The van der Waals surface area contributed by atoms with Gasteiger partial charge in [-0.15, -0.1) is 9.24 Å². The maximum Gasteiger partial charge on any atom is 0.0184 e. The maximum absolute atomic E-state index is 3.72. The lowest BCUT2D eigenvalue weighted by atomic mass is 9.84. The maximum atomic E-state index is 3.72. The fourth-order valence-corrected chi connectivity index (χ4v) is 6.52. The van der Waals surface area contributed by atoms with Crippen LogP contribution in [0.3, 0.4) is 0 Å². The third kappa shape index (κ3) is 9.70. The molecule has 0 saturated heterocycles. The Hall–Kier alpha value is -1.60. The van der Waals surface area contributed by atoms with Gasteiger partial charge in [0.2, 0.25) is 0 Å². The first-order chi connectivity index (χ1) is 17.7. The number of thioether (sulfide) groups is 1. The summed E-state index contributed by atoms with van der Waals surface area (Å²) in [5.74, 6) is 2.31. The SMILES string of the molecule is C=C/C=C\C=C/CCCN(CCC)C1CCc2c(CCSCc3ccc(CCP)cc3)cccc2C1. The van der Waals surface area contributed by atoms with Gasteiger partial charge in [-0.1, -0.05) is 86.3 Å². The topological polar surface area (TPSA) is 3.24 Å². The lowest BCUT2D eigenvalue weighted by Crippen LogP contribution is -2.40. The lowest BCUT2D eigenvalue weighted by Gasteiger charge is -2.36. The van der Waals surface area contributed by atoms with Crippen LogP contribution in [0.2, 0.25) is 0 Å². The van der Waals surface area contributed by atoms with E-state index < -0.39 is 0 Å². The van der Waals surface area contributed by atoms with E-state index in [0.717, 1.165) is 24.8 Å². The minimum absolute atomic E-state index is 0.695. The summed E-state index contributed by atoms with van der Waals surface area (Å²) in [5.41, 5.74) is 7.75. The second kappa shape index (κ2) is 17.0. The molecular formula is C33H46NPS. The molecule has 1 aliphatic carbocycles. The number of fused-ring (bicyclic) bond motifs is 1. The number of hydrogen-bond acceptors (Lipinski definition) is 2. The molecule has 0 bridgehead atoms. The highest BCUT2D eigenvalue weighted by molar-refractivity contribution is 7.98. The molecule has 194 valence electrons. The van der Waals surface area contributed by atoms with E-state index in [2.05, 4.69) is 100 Å². The van der Waals surface area contributed by atoms with Crippen LogP contribution in [-0.2, 0) is 31.4 Å². The van der Waals surface area contributed by atoms with Gasteiger partial charge in [-0.05, 0) is 104 Å². The van der Waals surface area contributed by atoms with Crippen LogP contribution >= 0.6 is 21.0 Å².